The molecule has 0 unspecified atom stereocenters. The second kappa shape index (κ2) is 10.3. The molecule has 0 spiro atoms. The smallest absolute Gasteiger partial charge is 0.283 e. The number of rotatable bonds is 4. The molecular formula is C21H18ClF3N4O3. The highest BCUT2D eigenvalue weighted by molar-refractivity contribution is 6.31. The zero-order valence-corrected chi connectivity index (χ0v) is 17.3. The number of phenolic OH excluding ortho intramolecular Hbond substituents is 1. The molecule has 0 bridgehead atoms. The van der Waals surface area contributed by atoms with Gasteiger partial charge in [-0.05, 0) is 31.0 Å². The number of carbonyl (C=O) groups excluding carboxylic acids is 1. The number of hydrogen-bond acceptors (Lipinski definition) is 6. The van der Waals surface area contributed by atoms with Crippen LogP contribution in [-0.2, 0) is 9.53 Å². The van der Waals surface area contributed by atoms with Crippen molar-refractivity contribution in [3.05, 3.63) is 59.7 Å². The summed E-state index contributed by atoms with van der Waals surface area (Å²) in [6, 6.07) is 4.56. The lowest BCUT2D eigenvalue weighted by molar-refractivity contribution is -0.114. The molecule has 3 N–H and O–H groups in total. The van der Waals surface area contributed by atoms with E-state index in [2.05, 4.69) is 27.2 Å². The van der Waals surface area contributed by atoms with Crippen LogP contribution in [0.15, 0.2) is 43.0 Å². The van der Waals surface area contributed by atoms with Crippen LogP contribution >= 0.6 is 11.6 Å². The first-order valence-electron chi connectivity index (χ1n) is 9.39. The van der Waals surface area contributed by atoms with Crippen LogP contribution in [0, 0.1) is 11.6 Å². The molecule has 3 aromatic rings. The van der Waals surface area contributed by atoms with Crippen LogP contribution < -0.4 is 10.6 Å². The Hall–Kier alpha value is -3.37. The molecule has 2 heterocycles. The molecule has 0 radical (unpaired) electrons. The monoisotopic (exact) mass is 466 g/mol. The minimum absolute atomic E-state index is 0.0798. The van der Waals surface area contributed by atoms with Crippen molar-refractivity contribution in [2.45, 2.75) is 12.8 Å². The van der Waals surface area contributed by atoms with Crippen molar-refractivity contribution < 1.29 is 27.8 Å². The Morgan fingerprint density at radius 3 is 2.50 bits per heavy atom. The second-order valence-corrected chi connectivity index (χ2v) is 7.01. The van der Waals surface area contributed by atoms with Crippen LogP contribution in [0.4, 0.5) is 30.4 Å². The van der Waals surface area contributed by atoms with Crippen molar-refractivity contribution in [3.63, 3.8) is 0 Å². The highest BCUT2D eigenvalue weighted by atomic mass is 35.5. The third kappa shape index (κ3) is 5.45. The first-order valence-corrected chi connectivity index (χ1v) is 9.77. The highest BCUT2D eigenvalue weighted by Gasteiger charge is 2.16. The van der Waals surface area contributed by atoms with Crippen molar-refractivity contribution in [3.8, 4) is 5.75 Å². The fourth-order valence-corrected chi connectivity index (χ4v) is 2.91. The lowest BCUT2D eigenvalue weighted by Crippen LogP contribution is -2.11. The molecule has 0 atom stereocenters. The summed E-state index contributed by atoms with van der Waals surface area (Å²) < 4.78 is 45.3. The molecule has 0 saturated carbocycles. The number of carbonyl (C=O) groups is 1. The third-order valence-electron chi connectivity index (χ3n) is 4.36. The molecule has 1 amide bonds. The average molecular weight is 467 g/mol. The number of fused-ring (bicyclic) bond motifs is 1. The van der Waals surface area contributed by atoms with Gasteiger partial charge in [-0.1, -0.05) is 18.2 Å². The highest BCUT2D eigenvalue weighted by Crippen LogP contribution is 2.34. The predicted molar refractivity (Wildman–Crippen MR) is 115 cm³/mol. The summed E-state index contributed by atoms with van der Waals surface area (Å²) in [4.78, 5) is 19.4. The molecular weight excluding hydrogens is 449 g/mol. The van der Waals surface area contributed by atoms with Gasteiger partial charge in [-0.25, -0.2) is 23.1 Å². The lowest BCUT2D eigenvalue weighted by Gasteiger charge is -2.12. The van der Waals surface area contributed by atoms with Crippen LogP contribution in [0.2, 0.25) is 5.02 Å². The van der Waals surface area contributed by atoms with Crippen LogP contribution in [-0.4, -0.2) is 34.2 Å². The van der Waals surface area contributed by atoms with Crippen LogP contribution in [0.5, 0.6) is 5.75 Å². The number of benzene rings is 2. The molecule has 1 saturated heterocycles. The van der Waals surface area contributed by atoms with Gasteiger partial charge in [-0.3, -0.25) is 4.79 Å². The molecule has 11 heteroatoms. The molecule has 1 aromatic heterocycles. The minimum atomic E-state index is -1.25. The van der Waals surface area contributed by atoms with E-state index in [1.165, 1.54) is 25.0 Å². The van der Waals surface area contributed by atoms with Crippen molar-refractivity contribution in [2.24, 2.45) is 0 Å². The lowest BCUT2D eigenvalue weighted by atomic mass is 10.2. The van der Waals surface area contributed by atoms with E-state index < -0.39 is 28.4 Å². The van der Waals surface area contributed by atoms with Gasteiger partial charge in [0.15, 0.2) is 11.6 Å². The number of hydrogen-bond donors (Lipinski definition) is 3. The van der Waals surface area contributed by atoms with E-state index in [9.17, 15) is 23.1 Å². The number of nitrogens with one attached hydrogen (secondary N) is 2. The van der Waals surface area contributed by atoms with Gasteiger partial charge in [-0.15, -0.1) is 0 Å². The molecule has 1 aliphatic heterocycles. The van der Waals surface area contributed by atoms with Crippen molar-refractivity contribution >= 4 is 45.6 Å². The maximum absolute atomic E-state index is 14.1. The molecule has 1 fully saturated rings. The first kappa shape index (κ1) is 23.3. The fourth-order valence-electron chi connectivity index (χ4n) is 2.74. The Labute approximate surface area is 185 Å². The summed E-state index contributed by atoms with van der Waals surface area (Å²) in [7, 11) is 0. The zero-order valence-electron chi connectivity index (χ0n) is 16.6. The van der Waals surface area contributed by atoms with Crippen molar-refractivity contribution in [2.75, 3.05) is 23.8 Å². The number of amides is 1. The number of phenols is 1. The Kier molecular flexibility index (Phi) is 7.49. The Bertz CT molecular complexity index is 1170. The van der Waals surface area contributed by atoms with Gasteiger partial charge in [0.25, 0.3) is 5.91 Å². The van der Waals surface area contributed by atoms with Crippen LogP contribution in [0.1, 0.15) is 12.8 Å². The summed E-state index contributed by atoms with van der Waals surface area (Å²) in [5, 5.41) is 14.3. The van der Waals surface area contributed by atoms with Crippen molar-refractivity contribution in [1.29, 1.82) is 0 Å². The molecule has 1 aliphatic rings. The molecule has 7 nitrogen and oxygen atoms in total. The maximum atomic E-state index is 14.1. The summed E-state index contributed by atoms with van der Waals surface area (Å²) in [6.07, 6.45) is 3.70. The topological polar surface area (TPSA) is 96.4 Å². The number of ether oxygens (including phenoxy) is 1. The van der Waals surface area contributed by atoms with E-state index in [1.807, 2.05) is 0 Å². The molecule has 2 aromatic carbocycles. The number of nitrogens with zero attached hydrogens (tertiary/aromatic N) is 2. The number of halogens is 4. The summed E-state index contributed by atoms with van der Waals surface area (Å²) >= 11 is 5.55. The molecule has 168 valence electrons. The standard InChI is InChI=1S/C17H10ClF3N4O2.C4H8O/c1-7(19)17(27)25-12-4-8-11(5-13(12)26)22-6-23-16(8)24-10-3-2-9(20)14(18)15(10)21;1-2-4-5-3-1/h2-6,26H,1H2,(H,25,27)(H,22,23,24);1-4H2. The molecule has 32 heavy (non-hydrogen) atoms. The number of aromatic hydroxyl groups is 1. The van der Waals surface area contributed by atoms with E-state index in [4.69, 9.17) is 16.3 Å². The van der Waals surface area contributed by atoms with Gasteiger partial charge in [0.2, 0.25) is 0 Å². The zero-order chi connectivity index (χ0) is 23.3. The third-order valence-corrected chi connectivity index (χ3v) is 4.71. The van der Waals surface area contributed by atoms with Crippen LogP contribution in [0.3, 0.4) is 0 Å². The van der Waals surface area contributed by atoms with Crippen LogP contribution in [0.25, 0.3) is 10.9 Å². The van der Waals surface area contributed by atoms with Gasteiger partial charge in [0.05, 0.1) is 16.9 Å². The molecule has 0 aliphatic carbocycles. The van der Waals surface area contributed by atoms with E-state index >= 15 is 0 Å². The van der Waals surface area contributed by atoms with E-state index in [1.54, 1.807) is 0 Å². The summed E-state index contributed by atoms with van der Waals surface area (Å²) in [5.74, 6) is -4.64. The van der Waals surface area contributed by atoms with Gasteiger partial charge >= 0.3 is 0 Å². The van der Waals surface area contributed by atoms with E-state index in [-0.39, 0.29) is 33.8 Å². The van der Waals surface area contributed by atoms with Gasteiger partial charge < -0.3 is 20.5 Å². The molecule has 4 rings (SSSR count). The van der Waals surface area contributed by atoms with Crippen molar-refractivity contribution in [1.82, 2.24) is 9.97 Å². The number of aromatic nitrogens is 2. The minimum Gasteiger partial charge on any atom is -0.506 e. The largest absolute Gasteiger partial charge is 0.506 e. The second-order valence-electron chi connectivity index (χ2n) is 6.64. The Morgan fingerprint density at radius 1 is 1.16 bits per heavy atom. The van der Waals surface area contributed by atoms with E-state index in [0.717, 1.165) is 31.7 Å². The fraction of sp³-hybridized carbons (Fsp3) is 0.190. The van der Waals surface area contributed by atoms with E-state index in [0.29, 0.717) is 0 Å². The Morgan fingerprint density at radius 2 is 1.88 bits per heavy atom. The number of anilines is 3. The summed E-state index contributed by atoms with van der Waals surface area (Å²) in [6.45, 7) is 4.86. The maximum Gasteiger partial charge on any atom is 0.283 e. The average Bonchev–Trinajstić information content (AvgIpc) is 3.35. The van der Waals surface area contributed by atoms with Gasteiger partial charge in [0.1, 0.15) is 28.7 Å². The normalized spacial score (nSPS) is 12.8. The first-order chi connectivity index (χ1) is 15.3. The predicted octanol–water partition coefficient (Wildman–Crippen LogP) is 5.23. The Balaban J connectivity index is 0.000000509. The SMILES string of the molecule is C1CCOC1.C=C(F)C(=O)Nc1cc2c(Nc3ccc(F)c(Cl)c3F)ncnc2cc1O. The van der Waals surface area contributed by atoms with Gasteiger partial charge in [-0.2, -0.15) is 0 Å². The van der Waals surface area contributed by atoms with Gasteiger partial charge in [0, 0.05) is 24.7 Å². The quantitative estimate of drug-likeness (QED) is 0.277. The summed E-state index contributed by atoms with van der Waals surface area (Å²) in [5.41, 5.74) is -0.0466.